The molecule has 7 heteroatoms. The molecular formula is C21H29N5O2. The van der Waals surface area contributed by atoms with Crippen molar-refractivity contribution < 1.29 is 9.59 Å². The van der Waals surface area contributed by atoms with Crippen molar-refractivity contribution in [2.24, 2.45) is 5.92 Å². The molecule has 1 aromatic carbocycles. The largest absolute Gasteiger partial charge is 0.353 e. The van der Waals surface area contributed by atoms with Crippen molar-refractivity contribution in [3.8, 4) is 5.69 Å². The van der Waals surface area contributed by atoms with Crippen LogP contribution in [0, 0.1) is 12.8 Å². The Labute approximate surface area is 166 Å². The molecule has 0 radical (unpaired) electrons. The predicted octanol–water partition coefficient (Wildman–Crippen LogP) is 1.64. The van der Waals surface area contributed by atoms with E-state index >= 15 is 0 Å². The molecule has 0 unspecified atom stereocenters. The summed E-state index contributed by atoms with van der Waals surface area (Å²) in [7, 11) is 0. The van der Waals surface area contributed by atoms with Crippen LogP contribution in [0.1, 0.15) is 31.7 Å². The van der Waals surface area contributed by atoms with Crippen LogP contribution in [0.5, 0.6) is 0 Å². The summed E-state index contributed by atoms with van der Waals surface area (Å²) in [6.07, 6.45) is 3.84. The maximum Gasteiger partial charge on any atom is 0.237 e. The molecule has 1 aliphatic heterocycles. The molecule has 7 nitrogen and oxygen atoms in total. The third-order valence-electron chi connectivity index (χ3n) is 4.97. The number of nitrogens with zero attached hydrogens (tertiary/aromatic N) is 3. The molecule has 1 aliphatic rings. The number of nitrogens with one attached hydrogen (secondary N) is 2. The highest BCUT2D eigenvalue weighted by atomic mass is 16.2. The number of para-hydroxylation sites is 1. The molecule has 1 aromatic heterocycles. The number of piperazine rings is 1. The Morgan fingerprint density at radius 2 is 2.14 bits per heavy atom. The molecule has 3 rings (SSSR count). The van der Waals surface area contributed by atoms with Crippen LogP contribution in [0.3, 0.4) is 0 Å². The number of carbonyl (C=O) groups excluding carboxylic acids is 2. The first-order valence-corrected chi connectivity index (χ1v) is 9.82. The average Bonchev–Trinajstić information content (AvgIpc) is 3.08. The highest BCUT2D eigenvalue weighted by Gasteiger charge is 2.31. The van der Waals surface area contributed by atoms with Crippen LogP contribution in [0.4, 0.5) is 0 Å². The second kappa shape index (κ2) is 9.01. The second-order valence-electron chi connectivity index (χ2n) is 7.65. The molecule has 2 N–H and O–H groups in total. The minimum atomic E-state index is -0.401. The van der Waals surface area contributed by atoms with Crippen molar-refractivity contribution in [3.05, 3.63) is 48.0 Å². The zero-order valence-electron chi connectivity index (χ0n) is 16.8. The van der Waals surface area contributed by atoms with Gasteiger partial charge in [0.1, 0.15) is 5.82 Å². The maximum atomic E-state index is 12.6. The molecule has 1 saturated heterocycles. The Bertz CT molecular complexity index is 830. The van der Waals surface area contributed by atoms with Crippen molar-refractivity contribution in [1.82, 2.24) is 25.1 Å². The predicted molar refractivity (Wildman–Crippen MR) is 108 cm³/mol. The zero-order valence-corrected chi connectivity index (χ0v) is 16.8. The van der Waals surface area contributed by atoms with E-state index in [0.717, 1.165) is 30.2 Å². The van der Waals surface area contributed by atoms with Crippen LogP contribution < -0.4 is 10.6 Å². The Balaban J connectivity index is 1.64. The molecule has 2 heterocycles. The van der Waals surface area contributed by atoms with Gasteiger partial charge in [-0.3, -0.25) is 14.5 Å². The first kappa shape index (κ1) is 20.1. The Morgan fingerprint density at radius 3 is 2.86 bits per heavy atom. The lowest BCUT2D eigenvalue weighted by Gasteiger charge is -2.35. The van der Waals surface area contributed by atoms with Crippen LogP contribution in [0.15, 0.2) is 36.7 Å². The van der Waals surface area contributed by atoms with Gasteiger partial charge >= 0.3 is 0 Å². The number of imidazole rings is 1. The summed E-state index contributed by atoms with van der Waals surface area (Å²) < 4.78 is 2.00. The summed E-state index contributed by atoms with van der Waals surface area (Å²) >= 11 is 0. The topological polar surface area (TPSA) is 79.3 Å². The number of carbonyl (C=O) groups is 2. The molecular weight excluding hydrogens is 354 g/mol. The monoisotopic (exact) mass is 383 g/mol. The number of hydrogen-bond donors (Lipinski definition) is 2. The van der Waals surface area contributed by atoms with E-state index in [9.17, 15) is 9.59 Å². The summed E-state index contributed by atoms with van der Waals surface area (Å²) in [5.41, 5.74) is 2.00. The first-order valence-electron chi connectivity index (χ1n) is 9.82. The van der Waals surface area contributed by atoms with Gasteiger partial charge in [0.25, 0.3) is 0 Å². The highest BCUT2D eigenvalue weighted by molar-refractivity contribution is 5.88. The van der Waals surface area contributed by atoms with Crippen molar-refractivity contribution in [1.29, 1.82) is 0 Å². The quantitative estimate of drug-likeness (QED) is 0.762. The summed E-state index contributed by atoms with van der Waals surface area (Å²) in [5, 5.41) is 5.86. The molecule has 150 valence electrons. The molecule has 2 amide bonds. The Hall–Kier alpha value is -2.67. The van der Waals surface area contributed by atoms with Gasteiger partial charge in [-0.15, -0.1) is 0 Å². The van der Waals surface area contributed by atoms with Crippen molar-refractivity contribution >= 4 is 11.8 Å². The van der Waals surface area contributed by atoms with E-state index < -0.39 is 6.04 Å². The fourth-order valence-electron chi connectivity index (χ4n) is 3.64. The van der Waals surface area contributed by atoms with Crippen molar-refractivity contribution in [2.75, 3.05) is 19.6 Å². The van der Waals surface area contributed by atoms with Gasteiger partial charge < -0.3 is 15.2 Å². The van der Waals surface area contributed by atoms with Crippen molar-refractivity contribution in [2.45, 2.75) is 39.8 Å². The molecule has 1 fully saturated rings. The zero-order chi connectivity index (χ0) is 20.1. The number of benzene rings is 1. The average molecular weight is 383 g/mol. The molecule has 0 saturated carbocycles. The van der Waals surface area contributed by atoms with Crippen LogP contribution in [-0.4, -0.2) is 51.9 Å². The lowest BCUT2D eigenvalue weighted by atomic mass is 10.1. The van der Waals surface area contributed by atoms with E-state index in [-0.39, 0.29) is 18.2 Å². The van der Waals surface area contributed by atoms with E-state index in [2.05, 4.69) is 34.4 Å². The summed E-state index contributed by atoms with van der Waals surface area (Å²) in [4.78, 5) is 31.3. The third-order valence-corrected chi connectivity index (χ3v) is 4.97. The minimum Gasteiger partial charge on any atom is -0.353 e. The van der Waals surface area contributed by atoms with E-state index in [4.69, 9.17) is 0 Å². The molecule has 28 heavy (non-hydrogen) atoms. The summed E-state index contributed by atoms with van der Waals surface area (Å²) in [6.45, 7) is 8.84. The van der Waals surface area contributed by atoms with Gasteiger partial charge in [0, 0.05) is 38.6 Å². The van der Waals surface area contributed by atoms with Gasteiger partial charge in [-0.2, -0.15) is 0 Å². The lowest BCUT2D eigenvalue weighted by Crippen LogP contribution is -2.57. The van der Waals surface area contributed by atoms with E-state index in [1.807, 2.05) is 42.0 Å². The minimum absolute atomic E-state index is 0.0588. The van der Waals surface area contributed by atoms with Crippen LogP contribution in [0.25, 0.3) is 5.69 Å². The molecule has 0 aliphatic carbocycles. The first-order chi connectivity index (χ1) is 13.5. The molecule has 0 spiro atoms. The maximum absolute atomic E-state index is 12.6. The number of rotatable bonds is 7. The fourth-order valence-corrected chi connectivity index (χ4v) is 3.64. The lowest BCUT2D eigenvalue weighted by molar-refractivity contribution is -0.134. The fraction of sp³-hybridized carbons (Fsp3) is 0.476. The molecule has 1 atom stereocenters. The normalized spacial score (nSPS) is 17.6. The van der Waals surface area contributed by atoms with Gasteiger partial charge in [-0.25, -0.2) is 4.98 Å². The van der Waals surface area contributed by atoms with Gasteiger partial charge in [0.05, 0.1) is 18.2 Å². The number of amides is 2. The van der Waals surface area contributed by atoms with E-state index in [1.165, 1.54) is 0 Å². The molecule has 0 bridgehead atoms. The number of aromatic nitrogens is 2. The smallest absolute Gasteiger partial charge is 0.237 e. The van der Waals surface area contributed by atoms with Crippen LogP contribution >= 0.6 is 0 Å². The Morgan fingerprint density at radius 1 is 1.36 bits per heavy atom. The Kier molecular flexibility index (Phi) is 6.46. The van der Waals surface area contributed by atoms with Gasteiger partial charge in [0.2, 0.25) is 11.8 Å². The standard InChI is InChI=1S/C21H29N5O2/c1-15(2)14-25-10-8-23-21(28)19(25)12-20(27)24-13-17-6-4-5-7-18(17)26-11-9-22-16(26)3/h4-7,9,11,15,19H,8,10,12-14H2,1-3H3,(H,23,28)(H,24,27)/t19-/m1/s1. The van der Waals surface area contributed by atoms with Crippen LogP contribution in [0.2, 0.25) is 0 Å². The second-order valence-corrected chi connectivity index (χ2v) is 7.65. The third kappa shape index (κ3) is 4.78. The van der Waals surface area contributed by atoms with E-state index in [0.29, 0.717) is 19.0 Å². The van der Waals surface area contributed by atoms with Gasteiger partial charge in [-0.05, 0) is 24.5 Å². The van der Waals surface area contributed by atoms with Crippen LogP contribution in [-0.2, 0) is 16.1 Å². The van der Waals surface area contributed by atoms with Gasteiger partial charge in [0.15, 0.2) is 0 Å². The van der Waals surface area contributed by atoms with E-state index in [1.54, 1.807) is 6.20 Å². The van der Waals surface area contributed by atoms with Gasteiger partial charge in [-0.1, -0.05) is 32.0 Å². The van der Waals surface area contributed by atoms with Crippen molar-refractivity contribution in [3.63, 3.8) is 0 Å². The highest BCUT2D eigenvalue weighted by Crippen LogP contribution is 2.16. The summed E-state index contributed by atoms with van der Waals surface area (Å²) in [6, 6.07) is 7.52. The molecule has 2 aromatic rings. The number of hydrogen-bond acceptors (Lipinski definition) is 4. The number of aryl methyl sites for hydroxylation is 1. The SMILES string of the molecule is Cc1nccn1-c1ccccc1CNC(=O)C[C@@H]1C(=O)NCCN1CC(C)C. The summed E-state index contributed by atoms with van der Waals surface area (Å²) in [5.74, 6) is 1.16.